The molecule has 0 saturated carbocycles. The number of rotatable bonds is 2. The Balaban J connectivity index is 2.05. The van der Waals surface area contributed by atoms with Crippen LogP contribution >= 0.6 is 0 Å². The quantitative estimate of drug-likeness (QED) is 0.769. The Morgan fingerprint density at radius 1 is 1.47 bits per heavy atom. The van der Waals surface area contributed by atoms with Crippen molar-refractivity contribution in [2.24, 2.45) is 5.92 Å². The first-order valence-electron chi connectivity index (χ1n) is 5.66. The minimum atomic E-state index is -4.40. The van der Waals surface area contributed by atoms with E-state index in [0.717, 1.165) is 12.3 Å². The van der Waals surface area contributed by atoms with E-state index in [1.165, 1.54) is 11.0 Å². The van der Waals surface area contributed by atoms with Crippen LogP contribution in [0.5, 0.6) is 0 Å². The van der Waals surface area contributed by atoms with Crippen LogP contribution in [0.3, 0.4) is 0 Å². The molecular weight excluding hydrogens is 257 g/mol. The van der Waals surface area contributed by atoms with Crippen LogP contribution in [0.4, 0.5) is 13.2 Å². The predicted octanol–water partition coefficient (Wildman–Crippen LogP) is 2.08. The summed E-state index contributed by atoms with van der Waals surface area (Å²) in [6.45, 7) is 0.618. The summed E-state index contributed by atoms with van der Waals surface area (Å²) in [5, 5.41) is 0. The van der Waals surface area contributed by atoms with Gasteiger partial charge < -0.3 is 4.90 Å². The van der Waals surface area contributed by atoms with Crippen molar-refractivity contribution in [2.45, 2.75) is 19.1 Å². The number of hydrogen-bond donors (Lipinski definition) is 0. The number of likely N-dealkylation sites (tertiary alicyclic amines) is 1. The number of pyridine rings is 1. The third kappa shape index (κ3) is 3.05. The number of nitrogens with zero attached hydrogens (tertiary/aromatic N) is 2. The molecule has 1 aliphatic heterocycles. The molecule has 1 aromatic rings. The number of hydrogen-bond acceptors (Lipinski definition) is 2. The van der Waals surface area contributed by atoms with Crippen LogP contribution in [0.2, 0.25) is 0 Å². The monoisotopic (exact) mass is 268 g/mol. The molecule has 0 spiro atoms. The Morgan fingerprint density at radius 2 is 2.21 bits per heavy atom. The van der Waals surface area contributed by atoms with Crippen molar-refractivity contribution in [1.82, 2.24) is 9.88 Å². The number of terminal acetylenes is 1. The van der Waals surface area contributed by atoms with Gasteiger partial charge in [0, 0.05) is 25.1 Å². The zero-order valence-electron chi connectivity index (χ0n) is 9.94. The molecular formula is C13H11F3N2O. The SMILES string of the molecule is C#CC1CC(=O)N(Cc2ccc(C(F)(F)F)cn2)C1. The molecule has 1 saturated heterocycles. The second kappa shape index (κ2) is 4.92. The lowest BCUT2D eigenvalue weighted by Crippen LogP contribution is -2.25. The zero-order valence-corrected chi connectivity index (χ0v) is 9.94. The smallest absolute Gasteiger partial charge is 0.336 e. The lowest BCUT2D eigenvalue weighted by atomic mass is 10.1. The van der Waals surface area contributed by atoms with E-state index >= 15 is 0 Å². The number of alkyl halides is 3. The lowest BCUT2D eigenvalue weighted by molar-refractivity contribution is -0.138. The number of aromatic nitrogens is 1. The fourth-order valence-electron chi connectivity index (χ4n) is 1.92. The molecule has 1 fully saturated rings. The van der Waals surface area contributed by atoms with Gasteiger partial charge in [-0.3, -0.25) is 9.78 Å². The molecule has 2 rings (SSSR count). The van der Waals surface area contributed by atoms with Gasteiger partial charge >= 0.3 is 6.18 Å². The van der Waals surface area contributed by atoms with Crippen molar-refractivity contribution in [3.05, 3.63) is 29.6 Å². The van der Waals surface area contributed by atoms with Gasteiger partial charge in [0.05, 0.1) is 17.8 Å². The highest BCUT2D eigenvalue weighted by atomic mass is 19.4. The maximum Gasteiger partial charge on any atom is 0.417 e. The molecule has 0 aromatic carbocycles. The molecule has 1 aromatic heterocycles. The van der Waals surface area contributed by atoms with Gasteiger partial charge in [0.2, 0.25) is 5.91 Å². The van der Waals surface area contributed by atoms with E-state index < -0.39 is 11.7 Å². The number of carbonyl (C=O) groups excluding carboxylic acids is 1. The van der Waals surface area contributed by atoms with Crippen LogP contribution < -0.4 is 0 Å². The standard InChI is InChI=1S/C13H11F3N2O/c1-2-9-5-12(19)18(7-9)8-11-4-3-10(6-17-11)13(14,15)16/h1,3-4,6,9H,5,7-8H2. The first-order chi connectivity index (χ1) is 8.90. The summed E-state index contributed by atoms with van der Waals surface area (Å²) in [4.78, 5) is 16.8. The molecule has 1 aliphatic rings. The molecule has 0 radical (unpaired) electrons. The van der Waals surface area contributed by atoms with Gasteiger partial charge in [-0.05, 0) is 12.1 Å². The molecule has 0 aliphatic carbocycles. The molecule has 2 heterocycles. The van der Waals surface area contributed by atoms with Gasteiger partial charge in [-0.2, -0.15) is 13.2 Å². The van der Waals surface area contributed by atoms with Crippen LogP contribution in [0.15, 0.2) is 18.3 Å². The van der Waals surface area contributed by atoms with Crippen LogP contribution in [-0.2, 0) is 17.5 Å². The van der Waals surface area contributed by atoms with Gasteiger partial charge in [0.15, 0.2) is 0 Å². The van der Waals surface area contributed by atoms with Gasteiger partial charge in [0.25, 0.3) is 0 Å². The largest absolute Gasteiger partial charge is 0.417 e. The Morgan fingerprint density at radius 3 is 2.68 bits per heavy atom. The zero-order chi connectivity index (χ0) is 14.0. The van der Waals surface area contributed by atoms with E-state index in [4.69, 9.17) is 6.42 Å². The summed E-state index contributed by atoms with van der Waals surface area (Å²) < 4.78 is 37.1. The maximum absolute atomic E-state index is 12.4. The Kier molecular flexibility index (Phi) is 3.47. The fraction of sp³-hybridized carbons (Fsp3) is 0.385. The third-order valence-electron chi connectivity index (χ3n) is 2.96. The minimum absolute atomic E-state index is 0.0929. The molecule has 1 amide bonds. The second-order valence-corrected chi connectivity index (χ2v) is 4.38. The fourth-order valence-corrected chi connectivity index (χ4v) is 1.92. The molecule has 1 unspecified atom stereocenters. The number of amides is 1. The number of halogens is 3. The topological polar surface area (TPSA) is 33.2 Å². The van der Waals surface area contributed by atoms with Gasteiger partial charge in [-0.15, -0.1) is 12.3 Å². The summed E-state index contributed by atoms with van der Waals surface area (Å²) in [5.41, 5.74) is -0.385. The van der Waals surface area contributed by atoms with Gasteiger partial charge in [-0.25, -0.2) is 0 Å². The highest BCUT2D eigenvalue weighted by Crippen LogP contribution is 2.28. The Labute approximate surface area is 108 Å². The third-order valence-corrected chi connectivity index (χ3v) is 2.96. The van der Waals surface area contributed by atoms with Crippen molar-refractivity contribution in [3.63, 3.8) is 0 Å². The molecule has 6 heteroatoms. The molecule has 0 bridgehead atoms. The Bertz CT molecular complexity index is 516. The van der Waals surface area contributed by atoms with E-state index in [-0.39, 0.29) is 24.8 Å². The first kappa shape index (κ1) is 13.4. The van der Waals surface area contributed by atoms with Gasteiger partial charge in [0.1, 0.15) is 0 Å². The predicted molar refractivity (Wildman–Crippen MR) is 61.6 cm³/mol. The van der Waals surface area contributed by atoms with Crippen molar-refractivity contribution in [2.75, 3.05) is 6.54 Å². The maximum atomic E-state index is 12.4. The van der Waals surface area contributed by atoms with Crippen molar-refractivity contribution < 1.29 is 18.0 Å². The van der Waals surface area contributed by atoms with E-state index in [1.54, 1.807) is 0 Å². The van der Waals surface area contributed by atoms with Crippen LogP contribution in [0, 0.1) is 18.3 Å². The van der Waals surface area contributed by atoms with Crippen LogP contribution in [-0.4, -0.2) is 22.3 Å². The van der Waals surface area contributed by atoms with Crippen LogP contribution in [0.25, 0.3) is 0 Å². The lowest BCUT2D eigenvalue weighted by Gasteiger charge is -2.15. The minimum Gasteiger partial charge on any atom is -0.336 e. The first-order valence-corrected chi connectivity index (χ1v) is 5.66. The normalized spacial score (nSPS) is 19.6. The molecule has 100 valence electrons. The summed E-state index contributed by atoms with van der Waals surface area (Å²) in [5.74, 6) is 2.29. The van der Waals surface area contributed by atoms with E-state index in [0.29, 0.717) is 12.2 Å². The summed E-state index contributed by atoms with van der Waals surface area (Å²) in [7, 11) is 0. The van der Waals surface area contributed by atoms with Crippen LogP contribution in [0.1, 0.15) is 17.7 Å². The van der Waals surface area contributed by atoms with Crippen molar-refractivity contribution in [3.8, 4) is 12.3 Å². The molecule has 0 N–H and O–H groups in total. The Hall–Kier alpha value is -2.03. The number of carbonyl (C=O) groups is 1. The van der Waals surface area contributed by atoms with E-state index in [1.807, 2.05) is 0 Å². The second-order valence-electron chi connectivity index (χ2n) is 4.38. The average molecular weight is 268 g/mol. The van der Waals surface area contributed by atoms with Gasteiger partial charge in [-0.1, -0.05) is 0 Å². The molecule has 19 heavy (non-hydrogen) atoms. The van der Waals surface area contributed by atoms with E-state index in [9.17, 15) is 18.0 Å². The summed E-state index contributed by atoms with van der Waals surface area (Å²) >= 11 is 0. The highest BCUT2D eigenvalue weighted by Gasteiger charge is 2.31. The van der Waals surface area contributed by atoms with E-state index in [2.05, 4.69) is 10.9 Å². The highest BCUT2D eigenvalue weighted by molar-refractivity contribution is 5.79. The van der Waals surface area contributed by atoms with Crippen molar-refractivity contribution >= 4 is 5.91 Å². The van der Waals surface area contributed by atoms with Crippen molar-refractivity contribution in [1.29, 1.82) is 0 Å². The summed E-state index contributed by atoms with van der Waals surface area (Å²) in [6.07, 6.45) is 1.91. The molecule has 3 nitrogen and oxygen atoms in total. The average Bonchev–Trinajstić information content (AvgIpc) is 2.70. The summed E-state index contributed by atoms with van der Waals surface area (Å²) in [6, 6.07) is 2.24. The molecule has 1 atom stereocenters.